The van der Waals surface area contributed by atoms with Crippen LogP contribution in [0.3, 0.4) is 0 Å². The minimum atomic E-state index is -2.05. The zero-order chi connectivity index (χ0) is 25.1. The molecule has 0 bridgehead atoms. The normalized spacial score (nSPS) is 24.0. The number of rotatable bonds is 7. The molecular weight excluding hydrogens is 442 g/mol. The van der Waals surface area contributed by atoms with E-state index >= 15 is 0 Å². The van der Waals surface area contributed by atoms with Gasteiger partial charge in [0, 0.05) is 18.9 Å². The molecule has 3 atom stereocenters. The van der Waals surface area contributed by atoms with Gasteiger partial charge in [-0.3, -0.25) is 0 Å². The van der Waals surface area contributed by atoms with Gasteiger partial charge >= 0.3 is 0 Å². The third-order valence-corrected chi connectivity index (χ3v) is 16.7. The van der Waals surface area contributed by atoms with Crippen molar-refractivity contribution >= 4 is 16.6 Å². The third-order valence-electron chi connectivity index (χ3n) is 7.74. The highest BCUT2D eigenvalue weighted by Crippen LogP contribution is 2.44. The lowest BCUT2D eigenvalue weighted by Gasteiger charge is -2.47. The van der Waals surface area contributed by atoms with E-state index in [1.54, 1.807) is 6.08 Å². The first-order chi connectivity index (χ1) is 15.1. The second-order valence-electron chi connectivity index (χ2n) is 12.4. The van der Waals surface area contributed by atoms with Crippen LogP contribution >= 0.6 is 0 Å². The summed E-state index contributed by atoms with van der Waals surface area (Å²) in [7, 11) is -4.11. The summed E-state index contributed by atoms with van der Waals surface area (Å²) in [5.74, 6) is 0. The van der Waals surface area contributed by atoms with E-state index in [1.165, 1.54) is 5.56 Å². The van der Waals surface area contributed by atoms with Crippen LogP contribution in [0, 0.1) is 11.3 Å². The predicted molar refractivity (Wildman–Crippen MR) is 142 cm³/mol. The Bertz CT molecular complexity index is 805. The van der Waals surface area contributed by atoms with E-state index in [2.05, 4.69) is 85.9 Å². The molecular formula is C27H45NO3Si2. The van der Waals surface area contributed by atoms with Gasteiger partial charge in [0.25, 0.3) is 0 Å². The fourth-order valence-corrected chi connectivity index (χ4v) is 6.13. The number of ether oxygens (including phenoxy) is 1. The zero-order valence-electron chi connectivity index (χ0n) is 22.5. The van der Waals surface area contributed by atoms with E-state index in [9.17, 15) is 5.26 Å². The second kappa shape index (κ2) is 10.6. The van der Waals surface area contributed by atoms with Crippen LogP contribution in [0.15, 0.2) is 42.0 Å². The first-order valence-electron chi connectivity index (χ1n) is 12.2. The number of benzene rings is 1. The van der Waals surface area contributed by atoms with Gasteiger partial charge in [0.1, 0.15) is 0 Å². The number of hydrogen-bond acceptors (Lipinski definition) is 4. The molecule has 0 amide bonds. The Morgan fingerprint density at radius 2 is 1.33 bits per heavy atom. The van der Waals surface area contributed by atoms with E-state index < -0.39 is 16.6 Å². The fourth-order valence-electron chi connectivity index (χ4n) is 3.54. The smallest absolute Gasteiger partial charge is 0.192 e. The first kappa shape index (κ1) is 28.0. The van der Waals surface area contributed by atoms with Crippen LogP contribution in [-0.2, 0) is 20.2 Å². The van der Waals surface area contributed by atoms with Crippen molar-refractivity contribution in [1.82, 2.24) is 0 Å². The second-order valence-corrected chi connectivity index (χ2v) is 21.9. The van der Waals surface area contributed by atoms with Crippen molar-refractivity contribution in [3.8, 4) is 6.07 Å². The van der Waals surface area contributed by atoms with Gasteiger partial charge in [-0.25, -0.2) is 0 Å². The molecule has 1 aliphatic carbocycles. The summed E-state index contributed by atoms with van der Waals surface area (Å²) in [6, 6.07) is 12.6. The van der Waals surface area contributed by atoms with E-state index in [4.69, 9.17) is 13.6 Å². The van der Waals surface area contributed by atoms with E-state index in [-0.39, 0.29) is 28.4 Å². The largest absolute Gasteiger partial charge is 0.410 e. The SMILES string of the molecule is CC(C)(C)[Si](C)(C)O[C@H]1CC(OCc2ccccc2)C[C@@H](O[Si](C)(C)C(C)(C)C)C1=CC#N. The first-order valence-corrected chi connectivity index (χ1v) is 18.0. The van der Waals surface area contributed by atoms with Crippen molar-refractivity contribution in [2.75, 3.05) is 0 Å². The van der Waals surface area contributed by atoms with Crippen LogP contribution in [-0.4, -0.2) is 34.9 Å². The van der Waals surface area contributed by atoms with Gasteiger partial charge in [0.15, 0.2) is 16.6 Å². The van der Waals surface area contributed by atoms with Gasteiger partial charge in [-0.05, 0) is 47.4 Å². The average Bonchev–Trinajstić information content (AvgIpc) is 2.67. The van der Waals surface area contributed by atoms with Gasteiger partial charge < -0.3 is 13.6 Å². The Morgan fingerprint density at radius 1 is 0.879 bits per heavy atom. The minimum Gasteiger partial charge on any atom is -0.410 e. The van der Waals surface area contributed by atoms with E-state index in [0.29, 0.717) is 6.61 Å². The zero-order valence-corrected chi connectivity index (χ0v) is 24.5. The summed E-state index contributed by atoms with van der Waals surface area (Å²) in [6.07, 6.45) is 2.90. The lowest BCUT2D eigenvalue weighted by atomic mass is 9.87. The summed E-state index contributed by atoms with van der Waals surface area (Å²) in [4.78, 5) is 0. The van der Waals surface area contributed by atoms with Gasteiger partial charge in [-0.15, -0.1) is 0 Å². The maximum absolute atomic E-state index is 9.64. The van der Waals surface area contributed by atoms with Crippen molar-refractivity contribution in [3.05, 3.63) is 47.5 Å². The maximum atomic E-state index is 9.64. The highest BCUT2D eigenvalue weighted by Gasteiger charge is 2.46. The molecule has 1 aromatic carbocycles. The van der Waals surface area contributed by atoms with E-state index in [1.807, 2.05) is 18.2 Å². The monoisotopic (exact) mass is 487 g/mol. The molecule has 1 aromatic rings. The Kier molecular flexibility index (Phi) is 8.97. The van der Waals surface area contributed by atoms with Crippen LogP contribution in [0.25, 0.3) is 0 Å². The lowest BCUT2D eigenvalue weighted by molar-refractivity contribution is -0.0324. The summed E-state index contributed by atoms with van der Waals surface area (Å²) in [6.45, 7) is 23.2. The Hall–Kier alpha value is -1.24. The Labute approximate surface area is 204 Å². The molecule has 184 valence electrons. The Morgan fingerprint density at radius 3 is 1.73 bits per heavy atom. The van der Waals surface area contributed by atoms with Crippen LogP contribution in [0.2, 0.25) is 36.3 Å². The molecule has 0 saturated heterocycles. The molecule has 1 unspecified atom stereocenters. The maximum Gasteiger partial charge on any atom is 0.192 e. The molecule has 0 aromatic heterocycles. The molecule has 1 saturated carbocycles. The van der Waals surface area contributed by atoms with Gasteiger partial charge in [0.2, 0.25) is 0 Å². The highest BCUT2D eigenvalue weighted by molar-refractivity contribution is 6.74. The molecule has 33 heavy (non-hydrogen) atoms. The molecule has 1 aliphatic rings. The number of nitrogens with zero attached hydrogens (tertiary/aromatic N) is 1. The van der Waals surface area contributed by atoms with Crippen LogP contribution in [0.5, 0.6) is 0 Å². The van der Waals surface area contributed by atoms with Crippen LogP contribution in [0.4, 0.5) is 0 Å². The molecule has 1 fully saturated rings. The van der Waals surface area contributed by atoms with Crippen molar-refractivity contribution in [1.29, 1.82) is 5.26 Å². The fraction of sp³-hybridized carbons (Fsp3) is 0.667. The number of allylic oxidation sites excluding steroid dienone is 1. The topological polar surface area (TPSA) is 51.5 Å². The van der Waals surface area contributed by atoms with Crippen molar-refractivity contribution in [2.24, 2.45) is 0 Å². The van der Waals surface area contributed by atoms with Crippen LogP contribution < -0.4 is 0 Å². The van der Waals surface area contributed by atoms with Crippen molar-refractivity contribution in [2.45, 2.75) is 116 Å². The van der Waals surface area contributed by atoms with Crippen LogP contribution in [0.1, 0.15) is 59.9 Å². The molecule has 4 nitrogen and oxygen atoms in total. The van der Waals surface area contributed by atoms with Gasteiger partial charge in [-0.2, -0.15) is 5.26 Å². The standard InChI is InChI=1S/C27H45NO3Si2/c1-26(2,3)32(7,8)30-24-18-22(29-20-21-14-12-11-13-15-21)19-25(23(24)16-17-28)31-33(9,10)27(4,5)6/h11-16,22,24-25H,18-20H2,1-10H3/t22?,24-,25+. The van der Waals surface area contributed by atoms with E-state index in [0.717, 1.165) is 18.4 Å². The predicted octanol–water partition coefficient (Wildman–Crippen LogP) is 7.60. The number of nitriles is 1. The molecule has 0 N–H and O–H groups in total. The Balaban J connectivity index is 2.36. The van der Waals surface area contributed by atoms with Crippen molar-refractivity contribution < 1.29 is 13.6 Å². The minimum absolute atomic E-state index is 0.0191. The quantitative estimate of drug-likeness (QED) is 0.293. The molecule has 0 spiro atoms. The summed E-state index contributed by atoms with van der Waals surface area (Å²) in [5, 5.41) is 9.81. The third kappa shape index (κ3) is 7.37. The van der Waals surface area contributed by atoms with Crippen molar-refractivity contribution in [3.63, 3.8) is 0 Å². The summed E-state index contributed by atoms with van der Waals surface area (Å²) in [5.41, 5.74) is 2.16. The van der Waals surface area contributed by atoms with Gasteiger partial charge in [0.05, 0.1) is 31.0 Å². The summed E-state index contributed by atoms with van der Waals surface area (Å²) >= 11 is 0. The molecule has 0 heterocycles. The molecule has 2 rings (SSSR count). The highest BCUT2D eigenvalue weighted by atomic mass is 28.4. The molecule has 0 radical (unpaired) electrons. The molecule has 0 aliphatic heterocycles. The lowest BCUT2D eigenvalue weighted by Crippen LogP contribution is -2.52. The van der Waals surface area contributed by atoms with Gasteiger partial charge in [-0.1, -0.05) is 71.9 Å². The average molecular weight is 488 g/mol. The number of hydrogen-bond donors (Lipinski definition) is 0. The summed E-state index contributed by atoms with van der Waals surface area (Å²) < 4.78 is 20.2. The molecule has 6 heteroatoms.